The molecule has 0 aliphatic carbocycles. The van der Waals surface area contributed by atoms with Crippen LogP contribution in [0.25, 0.3) is 0 Å². The predicted octanol–water partition coefficient (Wildman–Crippen LogP) is 2.99. The summed E-state index contributed by atoms with van der Waals surface area (Å²) in [6.45, 7) is 6.06. The van der Waals surface area contributed by atoms with Crippen LogP contribution in [0.1, 0.15) is 46.5 Å². The summed E-state index contributed by atoms with van der Waals surface area (Å²) in [6, 6.07) is 0. The molecule has 0 rings (SSSR count). The summed E-state index contributed by atoms with van der Waals surface area (Å²) in [4.78, 5) is 10.4. The number of carbonyl (C=O) groups is 1. The van der Waals surface area contributed by atoms with Gasteiger partial charge >= 0.3 is 5.97 Å². The molecule has 0 heterocycles. The number of hydrogen-bond acceptors (Lipinski definition) is 1. The molecule has 0 fully saturated rings. The van der Waals surface area contributed by atoms with Crippen molar-refractivity contribution in [2.75, 3.05) is 0 Å². The molecule has 0 aliphatic rings. The summed E-state index contributed by atoms with van der Waals surface area (Å²) in [5, 5.41) is 8.52. The average Bonchev–Trinajstić information content (AvgIpc) is 1.98. The van der Waals surface area contributed by atoms with Gasteiger partial charge in [0.1, 0.15) is 0 Å². The molecule has 70 valence electrons. The van der Waals surface area contributed by atoms with Crippen molar-refractivity contribution in [3.8, 4) is 0 Å². The van der Waals surface area contributed by atoms with Crippen molar-refractivity contribution >= 4 is 5.97 Å². The van der Waals surface area contributed by atoms with Crippen LogP contribution in [0.2, 0.25) is 0 Å². The van der Waals surface area contributed by atoms with Gasteiger partial charge in [0.15, 0.2) is 0 Å². The van der Waals surface area contributed by atoms with E-state index < -0.39 is 5.97 Å². The van der Waals surface area contributed by atoms with Gasteiger partial charge in [-0.3, -0.25) is 4.79 Å². The van der Waals surface area contributed by atoms with Crippen molar-refractivity contribution in [3.63, 3.8) is 0 Å². The Kier molecular flexibility index (Phi) is 5.43. The first-order chi connectivity index (χ1) is 5.57. The number of unbranched alkanes of at least 4 members (excludes halogenated alkanes) is 1. The highest BCUT2D eigenvalue weighted by Gasteiger charge is 2.01. The zero-order valence-corrected chi connectivity index (χ0v) is 8.18. The van der Waals surface area contributed by atoms with E-state index in [0.717, 1.165) is 24.8 Å². The Labute approximate surface area is 74.3 Å². The third-order valence-electron chi connectivity index (χ3n) is 2.05. The van der Waals surface area contributed by atoms with Gasteiger partial charge in [-0.15, -0.1) is 0 Å². The molecular weight excluding hydrogens is 152 g/mol. The quantitative estimate of drug-likeness (QED) is 0.644. The van der Waals surface area contributed by atoms with Crippen molar-refractivity contribution in [3.05, 3.63) is 11.1 Å². The van der Waals surface area contributed by atoms with Gasteiger partial charge in [-0.25, -0.2) is 0 Å². The topological polar surface area (TPSA) is 37.3 Å². The maximum absolute atomic E-state index is 10.4. The molecule has 0 bridgehead atoms. The van der Waals surface area contributed by atoms with Crippen molar-refractivity contribution < 1.29 is 9.90 Å². The Morgan fingerprint density at radius 2 is 1.83 bits per heavy atom. The van der Waals surface area contributed by atoms with Gasteiger partial charge in [0, 0.05) is 0 Å². The molecule has 0 saturated heterocycles. The molecule has 0 aromatic heterocycles. The molecular formula is C10H18O2. The zero-order chi connectivity index (χ0) is 9.56. The smallest absolute Gasteiger partial charge is 0.307 e. The number of carboxylic acids is 1. The molecule has 1 N–H and O–H groups in total. The molecule has 0 aliphatic heterocycles. The lowest BCUT2D eigenvalue weighted by Gasteiger charge is -2.04. The van der Waals surface area contributed by atoms with Gasteiger partial charge in [0.25, 0.3) is 0 Å². The van der Waals surface area contributed by atoms with Crippen LogP contribution in [-0.4, -0.2) is 11.1 Å². The third-order valence-corrected chi connectivity index (χ3v) is 2.05. The summed E-state index contributed by atoms with van der Waals surface area (Å²) < 4.78 is 0. The van der Waals surface area contributed by atoms with E-state index >= 15 is 0 Å². The van der Waals surface area contributed by atoms with Crippen LogP contribution in [0.5, 0.6) is 0 Å². The zero-order valence-electron chi connectivity index (χ0n) is 8.18. The summed E-state index contributed by atoms with van der Waals surface area (Å²) in [7, 11) is 0. The van der Waals surface area contributed by atoms with Crippen LogP contribution >= 0.6 is 0 Å². The second-order valence-corrected chi connectivity index (χ2v) is 3.23. The normalized spacial score (nSPS) is 12.6. The van der Waals surface area contributed by atoms with Gasteiger partial charge in [0.2, 0.25) is 0 Å². The Balaban J connectivity index is 3.97. The molecule has 12 heavy (non-hydrogen) atoms. The largest absolute Gasteiger partial charge is 0.481 e. The summed E-state index contributed by atoms with van der Waals surface area (Å²) >= 11 is 0. The van der Waals surface area contributed by atoms with Gasteiger partial charge in [-0.2, -0.15) is 0 Å². The Bertz CT molecular complexity index is 180. The van der Waals surface area contributed by atoms with Crippen LogP contribution in [-0.2, 0) is 4.79 Å². The minimum absolute atomic E-state index is 0.190. The number of allylic oxidation sites excluding steroid dienone is 1. The van der Waals surface area contributed by atoms with E-state index in [-0.39, 0.29) is 6.42 Å². The highest BCUT2D eigenvalue weighted by Crippen LogP contribution is 2.14. The van der Waals surface area contributed by atoms with E-state index in [1.54, 1.807) is 0 Å². The lowest BCUT2D eigenvalue weighted by atomic mass is 10.0. The van der Waals surface area contributed by atoms with Crippen molar-refractivity contribution in [2.45, 2.75) is 46.5 Å². The Morgan fingerprint density at radius 1 is 1.25 bits per heavy atom. The number of rotatable bonds is 5. The monoisotopic (exact) mass is 170 g/mol. The van der Waals surface area contributed by atoms with Gasteiger partial charge in [-0.1, -0.05) is 24.5 Å². The van der Waals surface area contributed by atoms with Crippen LogP contribution in [0.3, 0.4) is 0 Å². The predicted molar refractivity (Wildman–Crippen MR) is 50.2 cm³/mol. The average molecular weight is 170 g/mol. The van der Waals surface area contributed by atoms with Crippen molar-refractivity contribution in [2.24, 2.45) is 0 Å². The fourth-order valence-electron chi connectivity index (χ4n) is 1.03. The summed E-state index contributed by atoms with van der Waals surface area (Å²) in [5.74, 6) is -0.733. The first-order valence-corrected chi connectivity index (χ1v) is 4.45. The van der Waals surface area contributed by atoms with Crippen LogP contribution < -0.4 is 0 Å². The van der Waals surface area contributed by atoms with Gasteiger partial charge in [-0.05, 0) is 26.7 Å². The number of carboxylic acid groups (broad SMARTS) is 1. The second-order valence-electron chi connectivity index (χ2n) is 3.23. The lowest BCUT2D eigenvalue weighted by Crippen LogP contribution is -1.97. The highest BCUT2D eigenvalue weighted by molar-refractivity contribution is 5.70. The van der Waals surface area contributed by atoms with Gasteiger partial charge in [0.05, 0.1) is 6.42 Å². The van der Waals surface area contributed by atoms with Crippen LogP contribution in [0.4, 0.5) is 0 Å². The van der Waals surface area contributed by atoms with Crippen molar-refractivity contribution in [1.82, 2.24) is 0 Å². The molecule has 0 radical (unpaired) electrons. The molecule has 0 amide bonds. The van der Waals surface area contributed by atoms with Crippen LogP contribution in [0.15, 0.2) is 11.1 Å². The summed E-state index contributed by atoms with van der Waals surface area (Å²) in [6.07, 6.45) is 3.55. The number of aliphatic carboxylic acids is 1. The second kappa shape index (κ2) is 5.81. The molecule has 0 spiro atoms. The molecule has 0 unspecified atom stereocenters. The first-order valence-electron chi connectivity index (χ1n) is 4.45. The van der Waals surface area contributed by atoms with E-state index in [0.29, 0.717) is 0 Å². The Hall–Kier alpha value is -0.790. The van der Waals surface area contributed by atoms with Crippen molar-refractivity contribution in [1.29, 1.82) is 0 Å². The fourth-order valence-corrected chi connectivity index (χ4v) is 1.03. The van der Waals surface area contributed by atoms with E-state index in [2.05, 4.69) is 6.92 Å². The molecule has 0 aromatic rings. The molecule has 0 aromatic carbocycles. The fraction of sp³-hybridized carbons (Fsp3) is 0.700. The van der Waals surface area contributed by atoms with E-state index in [1.165, 1.54) is 5.57 Å². The van der Waals surface area contributed by atoms with E-state index in [4.69, 9.17) is 5.11 Å². The molecule has 0 saturated carbocycles. The molecule has 0 atom stereocenters. The van der Waals surface area contributed by atoms with E-state index in [9.17, 15) is 4.79 Å². The molecule has 2 nitrogen and oxygen atoms in total. The van der Waals surface area contributed by atoms with Crippen LogP contribution in [0, 0.1) is 0 Å². The first kappa shape index (κ1) is 11.2. The van der Waals surface area contributed by atoms with Gasteiger partial charge < -0.3 is 5.11 Å². The molecule has 2 heteroatoms. The standard InChI is InChI=1S/C10H18O2/c1-4-5-6-8(2)9(3)7-10(11)12/h4-7H2,1-3H3,(H,11,12). The maximum atomic E-state index is 10.4. The highest BCUT2D eigenvalue weighted by atomic mass is 16.4. The maximum Gasteiger partial charge on any atom is 0.307 e. The number of hydrogen-bond donors (Lipinski definition) is 1. The SMILES string of the molecule is CCCCC(C)=C(C)CC(=O)O. The van der Waals surface area contributed by atoms with E-state index in [1.807, 2.05) is 13.8 Å². The Morgan fingerprint density at radius 3 is 2.25 bits per heavy atom. The lowest BCUT2D eigenvalue weighted by molar-refractivity contribution is -0.136. The minimum atomic E-state index is -0.733. The summed E-state index contributed by atoms with van der Waals surface area (Å²) in [5.41, 5.74) is 2.25. The minimum Gasteiger partial charge on any atom is -0.481 e. The third kappa shape index (κ3) is 4.94.